The van der Waals surface area contributed by atoms with Gasteiger partial charge in [-0.1, -0.05) is 36.4 Å². The first-order valence-electron chi connectivity index (χ1n) is 17.6. The van der Waals surface area contributed by atoms with Gasteiger partial charge >= 0.3 is 59.2 Å². The number of fused-ring (bicyclic) bond motifs is 1. The Morgan fingerprint density at radius 1 is 0.271 bits per heavy atom. The minimum absolute atomic E-state index is 0.194. The van der Waals surface area contributed by atoms with Gasteiger partial charge in [-0.3, -0.25) is 0 Å². The number of alkyl halides is 36. The Kier molecular flexibility index (Phi) is 17.7. The molecule has 0 aliphatic carbocycles. The fraction of sp³-hybridized carbons (Fsp3) is 0.706. The molecule has 0 spiro atoms. The van der Waals surface area contributed by atoms with Crippen molar-refractivity contribution in [2.45, 2.75) is 146 Å². The van der Waals surface area contributed by atoms with E-state index in [0.717, 1.165) is 0 Å². The van der Waals surface area contributed by atoms with Crippen LogP contribution in [0.4, 0.5) is 158 Å². The van der Waals surface area contributed by atoms with Crippen LogP contribution in [0.3, 0.4) is 0 Å². The first kappa shape index (κ1) is 62.3. The van der Waals surface area contributed by atoms with Gasteiger partial charge in [-0.05, 0) is 16.3 Å². The zero-order valence-electron chi connectivity index (χ0n) is 32.2. The highest BCUT2D eigenvalue weighted by molar-refractivity contribution is 5.87. The second kappa shape index (κ2) is 19.9. The highest BCUT2D eigenvalue weighted by Crippen LogP contribution is 2.64. The summed E-state index contributed by atoms with van der Waals surface area (Å²) in [6.07, 6.45) is -75.7. The van der Waals surface area contributed by atoms with Crippen LogP contribution in [-0.4, -0.2) is 134 Å². The minimum atomic E-state index is -9.01. The lowest BCUT2D eigenvalue weighted by molar-refractivity contribution is -0.416. The van der Waals surface area contributed by atoms with Crippen LogP contribution in [0.25, 0.3) is 10.8 Å². The SMILES string of the molecule is FC(F)C(F)C(F)C(F)C(F)C(F)C(F)(F)C(F)(F)C(F)(F)C(F)(F)C(F)(F)C(F)c1ccc2ccccc2c1C(F)C(F)(F)C(F)(F)C(F)(F)C(F)(F)C(F)(F)C(F)C(F)C(F)C(F)C(F)C(F)F. The number of halogens is 36. The first-order chi connectivity index (χ1) is 31.0. The van der Waals surface area contributed by atoms with Crippen molar-refractivity contribution in [2.75, 3.05) is 0 Å². The molecule has 0 aliphatic heterocycles. The van der Waals surface area contributed by atoms with Crippen molar-refractivity contribution < 1.29 is 158 Å². The predicted octanol–water partition coefficient (Wildman–Crippen LogP) is 15.1. The van der Waals surface area contributed by atoms with Crippen LogP contribution in [0, 0.1) is 0 Å². The molecule has 408 valence electrons. The molecule has 0 bridgehead atoms. The highest BCUT2D eigenvalue weighted by atomic mass is 19.4. The van der Waals surface area contributed by atoms with Crippen LogP contribution >= 0.6 is 0 Å². The summed E-state index contributed by atoms with van der Waals surface area (Å²) in [7, 11) is 0. The van der Waals surface area contributed by atoms with Gasteiger partial charge in [0.25, 0.3) is 12.9 Å². The number of hydrogen-bond donors (Lipinski definition) is 0. The van der Waals surface area contributed by atoms with Crippen molar-refractivity contribution >= 4 is 10.8 Å². The molecule has 0 fully saturated rings. The van der Waals surface area contributed by atoms with E-state index in [9.17, 15) is 132 Å². The third kappa shape index (κ3) is 9.50. The van der Waals surface area contributed by atoms with Gasteiger partial charge in [0, 0.05) is 5.56 Å². The normalized spacial score (nSPS) is 20.1. The van der Waals surface area contributed by atoms with E-state index in [-0.39, 0.29) is 24.3 Å². The molecule has 0 heterocycles. The Morgan fingerprint density at radius 3 is 0.886 bits per heavy atom. The average molecular weight is 1110 g/mol. The zero-order valence-corrected chi connectivity index (χ0v) is 32.2. The van der Waals surface area contributed by atoms with Crippen molar-refractivity contribution in [1.29, 1.82) is 0 Å². The van der Waals surface area contributed by atoms with Crippen molar-refractivity contribution in [3.05, 3.63) is 47.5 Å². The Hall–Kier alpha value is -3.82. The lowest BCUT2D eigenvalue weighted by atomic mass is 9.82. The molecule has 0 amide bonds. The fourth-order valence-corrected chi connectivity index (χ4v) is 5.79. The van der Waals surface area contributed by atoms with Crippen molar-refractivity contribution in [3.8, 4) is 0 Å². The van der Waals surface area contributed by atoms with Crippen LogP contribution in [0.15, 0.2) is 36.4 Å². The molecule has 70 heavy (non-hydrogen) atoms. The van der Waals surface area contributed by atoms with E-state index >= 15 is 26.3 Å². The molecule has 2 aromatic carbocycles. The van der Waals surface area contributed by atoms with E-state index in [0.29, 0.717) is 6.07 Å². The zero-order chi connectivity index (χ0) is 55.6. The maximum absolute atomic E-state index is 15.8. The third-order valence-corrected chi connectivity index (χ3v) is 9.98. The summed E-state index contributed by atoms with van der Waals surface area (Å²) in [6.45, 7) is 0. The molecule has 2 aromatic rings. The van der Waals surface area contributed by atoms with E-state index in [2.05, 4.69) is 0 Å². The Balaban J connectivity index is 2.83. The van der Waals surface area contributed by atoms with Crippen molar-refractivity contribution in [3.63, 3.8) is 0 Å². The van der Waals surface area contributed by atoms with Gasteiger partial charge in [-0.25, -0.2) is 70.2 Å². The quantitative estimate of drug-likeness (QED) is 0.0919. The van der Waals surface area contributed by atoms with Gasteiger partial charge in [0.05, 0.1) is 0 Å². The van der Waals surface area contributed by atoms with E-state index in [1.807, 2.05) is 0 Å². The van der Waals surface area contributed by atoms with Crippen LogP contribution in [0.5, 0.6) is 0 Å². The molecule has 36 heteroatoms. The predicted molar refractivity (Wildman–Crippen MR) is 162 cm³/mol. The lowest BCUT2D eigenvalue weighted by Crippen LogP contribution is -2.70. The van der Waals surface area contributed by atoms with Crippen LogP contribution < -0.4 is 0 Å². The Bertz CT molecular complexity index is 2050. The second-order valence-corrected chi connectivity index (χ2v) is 14.5. The molecular weight excluding hydrogens is 1090 g/mol. The van der Waals surface area contributed by atoms with E-state index in [4.69, 9.17) is 0 Å². The van der Waals surface area contributed by atoms with Gasteiger partial charge in [-0.2, -0.15) is 87.8 Å². The number of hydrogen-bond acceptors (Lipinski definition) is 0. The summed E-state index contributed by atoms with van der Waals surface area (Å²) in [4.78, 5) is 0. The smallest absolute Gasteiger partial charge is 0.241 e. The molecule has 0 nitrogen and oxygen atoms in total. The first-order valence-corrected chi connectivity index (χ1v) is 17.6. The maximum atomic E-state index is 15.8. The van der Waals surface area contributed by atoms with Gasteiger partial charge in [-0.15, -0.1) is 0 Å². The molecule has 0 aromatic heterocycles. The standard InChI is InChI=1S/C34H20F36/c35-11(13(37)17(41)23(47)48)15(39)21(45)27(55,56)31(63,64)33(67,68)29(59,60)25(51,52)19(43)9-6-5-7-3-1-2-4-8(7)10(9)20(44)26(53,54)30(61,62)34(69,70)32(65,66)28(57,58)22(46)16(40)12(36)14(38)18(42)24(49)50/h1-6,11-24H. The summed E-state index contributed by atoms with van der Waals surface area (Å²) < 4.78 is 511. The van der Waals surface area contributed by atoms with E-state index < -0.39 is 174 Å². The third-order valence-electron chi connectivity index (χ3n) is 9.98. The highest BCUT2D eigenvalue weighted by Gasteiger charge is 2.91. The fourth-order valence-electron chi connectivity index (χ4n) is 5.79. The van der Waals surface area contributed by atoms with Crippen LogP contribution in [-0.2, 0) is 0 Å². The number of benzene rings is 2. The Morgan fingerprint density at radius 2 is 0.557 bits per heavy atom. The molecule has 12 atom stereocenters. The van der Waals surface area contributed by atoms with Crippen molar-refractivity contribution in [1.82, 2.24) is 0 Å². The molecule has 0 N–H and O–H groups in total. The molecule has 2 rings (SSSR count). The summed E-state index contributed by atoms with van der Waals surface area (Å²) in [5, 5.41) is -3.41. The molecular formula is C34H20F36. The molecule has 0 saturated carbocycles. The topological polar surface area (TPSA) is 0 Å². The van der Waals surface area contributed by atoms with Gasteiger partial charge < -0.3 is 0 Å². The summed E-state index contributed by atoms with van der Waals surface area (Å²) in [6, 6.07) is -0.436. The van der Waals surface area contributed by atoms with E-state index in [1.165, 1.54) is 0 Å². The summed E-state index contributed by atoms with van der Waals surface area (Å²) in [5.74, 6) is -86.4. The summed E-state index contributed by atoms with van der Waals surface area (Å²) >= 11 is 0. The molecule has 0 saturated heterocycles. The van der Waals surface area contributed by atoms with E-state index in [1.54, 1.807) is 0 Å². The average Bonchev–Trinajstić information content (AvgIpc) is 3.26. The molecule has 12 unspecified atom stereocenters. The second-order valence-electron chi connectivity index (χ2n) is 14.5. The molecule has 0 aliphatic rings. The van der Waals surface area contributed by atoms with Gasteiger partial charge in [0.1, 0.15) is 0 Å². The minimum Gasteiger partial charge on any atom is -0.241 e. The van der Waals surface area contributed by atoms with Crippen LogP contribution in [0.1, 0.15) is 23.5 Å². The monoisotopic (exact) mass is 1110 g/mol. The van der Waals surface area contributed by atoms with Crippen LogP contribution in [0.2, 0.25) is 0 Å². The number of rotatable bonds is 24. The van der Waals surface area contributed by atoms with Crippen molar-refractivity contribution in [2.24, 2.45) is 0 Å². The lowest BCUT2D eigenvalue weighted by Gasteiger charge is -2.42. The largest absolute Gasteiger partial charge is 0.384 e. The Labute approximate surface area is 363 Å². The molecule has 0 radical (unpaired) electrons. The van der Waals surface area contributed by atoms with Gasteiger partial charge in [0.2, 0.25) is 12.3 Å². The summed E-state index contributed by atoms with van der Waals surface area (Å²) in [5.41, 5.74) is -6.93. The van der Waals surface area contributed by atoms with Gasteiger partial charge in [0.15, 0.2) is 61.7 Å². The maximum Gasteiger partial charge on any atom is 0.384 e.